The average Bonchev–Trinajstić information content (AvgIpc) is 3.40. The van der Waals surface area contributed by atoms with E-state index >= 15 is 0 Å². The third kappa shape index (κ3) is 4.09. The largest absolute Gasteiger partial charge is 0.424 e. The van der Waals surface area contributed by atoms with Crippen molar-refractivity contribution in [1.29, 1.82) is 0 Å². The van der Waals surface area contributed by atoms with Crippen molar-refractivity contribution in [3.8, 4) is 0 Å². The van der Waals surface area contributed by atoms with Crippen LogP contribution in [0.3, 0.4) is 0 Å². The maximum atomic E-state index is 12.2. The Bertz CT molecular complexity index is 620. The third-order valence-corrected chi connectivity index (χ3v) is 6.21. The summed E-state index contributed by atoms with van der Waals surface area (Å²) in [6.45, 7) is 5.30. The fourth-order valence-corrected chi connectivity index (χ4v) is 4.32. The topological polar surface area (TPSA) is 71.7 Å². The second-order valence-electron chi connectivity index (χ2n) is 8.25. The number of piperidine rings is 2. The summed E-state index contributed by atoms with van der Waals surface area (Å²) < 4.78 is 10.9. The standard InChI is InChI=1S/C19H30N4O3/c1-25-12-2-9-23-14-19(6-5-17(23)24)7-10-22(11-8-19)13-16-20-21-18(26-16)15-3-4-15/h15H,2-14H2,1H3. The van der Waals surface area contributed by atoms with E-state index in [0.717, 1.165) is 76.8 Å². The molecular formula is C19H30N4O3. The first-order chi connectivity index (χ1) is 12.7. The minimum atomic E-state index is 0.297. The number of methoxy groups -OCH3 is 1. The van der Waals surface area contributed by atoms with Crippen molar-refractivity contribution in [2.24, 2.45) is 5.41 Å². The molecule has 7 nitrogen and oxygen atoms in total. The summed E-state index contributed by atoms with van der Waals surface area (Å²) in [6, 6.07) is 0. The molecule has 7 heteroatoms. The molecule has 0 atom stereocenters. The van der Waals surface area contributed by atoms with Crippen molar-refractivity contribution >= 4 is 5.91 Å². The molecule has 26 heavy (non-hydrogen) atoms. The van der Waals surface area contributed by atoms with Crippen molar-refractivity contribution in [3.05, 3.63) is 11.8 Å². The van der Waals surface area contributed by atoms with Crippen molar-refractivity contribution in [1.82, 2.24) is 20.0 Å². The Balaban J connectivity index is 1.28. The van der Waals surface area contributed by atoms with E-state index in [-0.39, 0.29) is 0 Å². The lowest BCUT2D eigenvalue weighted by Gasteiger charge is -2.47. The molecule has 0 unspecified atom stereocenters. The molecule has 0 radical (unpaired) electrons. The number of hydrogen-bond donors (Lipinski definition) is 0. The first-order valence-electron chi connectivity index (χ1n) is 9.99. The van der Waals surface area contributed by atoms with Gasteiger partial charge in [-0.1, -0.05) is 0 Å². The Morgan fingerprint density at radius 2 is 2.04 bits per heavy atom. The van der Waals surface area contributed by atoms with Crippen LogP contribution in [0.15, 0.2) is 4.42 Å². The number of carbonyl (C=O) groups is 1. The van der Waals surface area contributed by atoms with Crippen molar-refractivity contribution in [2.75, 3.05) is 39.9 Å². The van der Waals surface area contributed by atoms with Crippen LogP contribution in [0.5, 0.6) is 0 Å². The SMILES string of the molecule is COCCCN1CC2(CCC1=O)CCN(Cc1nnc(C3CC3)o1)CC2. The zero-order chi connectivity index (χ0) is 18.0. The molecule has 0 N–H and O–H groups in total. The van der Waals surface area contributed by atoms with Gasteiger partial charge in [0.1, 0.15) is 0 Å². The van der Waals surface area contributed by atoms with Gasteiger partial charge in [0, 0.05) is 39.1 Å². The Morgan fingerprint density at radius 1 is 1.23 bits per heavy atom. The van der Waals surface area contributed by atoms with Gasteiger partial charge >= 0.3 is 0 Å². The summed E-state index contributed by atoms with van der Waals surface area (Å²) in [4.78, 5) is 16.7. The highest BCUT2D eigenvalue weighted by Gasteiger charge is 2.41. The van der Waals surface area contributed by atoms with Crippen LogP contribution in [-0.2, 0) is 16.1 Å². The Labute approximate surface area is 155 Å². The van der Waals surface area contributed by atoms with Gasteiger partial charge in [-0.25, -0.2) is 0 Å². The van der Waals surface area contributed by atoms with Gasteiger partial charge in [-0.15, -0.1) is 10.2 Å². The molecule has 2 aliphatic heterocycles. The molecule has 0 bridgehead atoms. The lowest BCUT2D eigenvalue weighted by molar-refractivity contribution is -0.139. The van der Waals surface area contributed by atoms with Gasteiger partial charge in [-0.05, 0) is 57.0 Å². The highest BCUT2D eigenvalue weighted by atomic mass is 16.5. The van der Waals surface area contributed by atoms with Gasteiger partial charge in [0.15, 0.2) is 0 Å². The van der Waals surface area contributed by atoms with Crippen molar-refractivity contribution in [2.45, 2.75) is 57.4 Å². The van der Waals surface area contributed by atoms with Gasteiger partial charge < -0.3 is 14.1 Å². The molecule has 2 saturated heterocycles. The smallest absolute Gasteiger partial charge is 0.230 e. The van der Waals surface area contributed by atoms with Crippen LogP contribution in [0.4, 0.5) is 0 Å². The molecule has 1 aliphatic carbocycles. The summed E-state index contributed by atoms with van der Waals surface area (Å²) in [5.41, 5.74) is 0.297. The number of hydrogen-bond acceptors (Lipinski definition) is 6. The molecule has 1 saturated carbocycles. The van der Waals surface area contributed by atoms with Gasteiger partial charge in [0.2, 0.25) is 17.7 Å². The molecule has 144 valence electrons. The van der Waals surface area contributed by atoms with E-state index in [1.165, 1.54) is 12.8 Å². The van der Waals surface area contributed by atoms with Crippen LogP contribution in [-0.4, -0.2) is 65.8 Å². The highest BCUT2D eigenvalue weighted by Crippen LogP contribution is 2.41. The lowest BCUT2D eigenvalue weighted by atomic mass is 9.72. The van der Waals surface area contributed by atoms with E-state index in [9.17, 15) is 4.79 Å². The number of amides is 1. The predicted octanol–water partition coefficient (Wildman–Crippen LogP) is 2.19. The van der Waals surface area contributed by atoms with Crippen LogP contribution in [0.25, 0.3) is 0 Å². The Hall–Kier alpha value is -1.47. The van der Waals surface area contributed by atoms with Crippen LogP contribution in [0.2, 0.25) is 0 Å². The van der Waals surface area contributed by atoms with Gasteiger partial charge in [-0.3, -0.25) is 9.69 Å². The molecule has 1 aromatic rings. The predicted molar refractivity (Wildman–Crippen MR) is 95.5 cm³/mol. The van der Waals surface area contributed by atoms with E-state index in [0.29, 0.717) is 23.7 Å². The summed E-state index contributed by atoms with van der Waals surface area (Å²) in [7, 11) is 1.71. The molecule has 3 aliphatic rings. The zero-order valence-corrected chi connectivity index (χ0v) is 15.8. The van der Waals surface area contributed by atoms with E-state index in [1.807, 2.05) is 0 Å². The number of rotatable bonds is 7. The molecule has 3 heterocycles. The van der Waals surface area contributed by atoms with Crippen molar-refractivity contribution < 1.29 is 13.9 Å². The summed E-state index contributed by atoms with van der Waals surface area (Å²) in [5, 5.41) is 8.40. The maximum absolute atomic E-state index is 12.2. The fourth-order valence-electron chi connectivity index (χ4n) is 4.32. The molecule has 1 amide bonds. The molecule has 3 fully saturated rings. The maximum Gasteiger partial charge on any atom is 0.230 e. The quantitative estimate of drug-likeness (QED) is 0.693. The van der Waals surface area contributed by atoms with E-state index in [4.69, 9.17) is 9.15 Å². The zero-order valence-electron chi connectivity index (χ0n) is 15.8. The number of likely N-dealkylation sites (tertiary alicyclic amines) is 2. The molecule has 1 aromatic heterocycles. The van der Waals surface area contributed by atoms with Crippen LogP contribution >= 0.6 is 0 Å². The molecule has 1 spiro atoms. The first-order valence-corrected chi connectivity index (χ1v) is 9.99. The van der Waals surface area contributed by atoms with Gasteiger partial charge in [0.05, 0.1) is 6.54 Å². The number of ether oxygens (including phenoxy) is 1. The summed E-state index contributed by atoms with van der Waals surface area (Å²) >= 11 is 0. The minimum Gasteiger partial charge on any atom is -0.424 e. The normalized spacial score (nSPS) is 23.7. The van der Waals surface area contributed by atoms with Gasteiger partial charge in [0.25, 0.3) is 0 Å². The van der Waals surface area contributed by atoms with E-state index in [2.05, 4.69) is 20.0 Å². The highest BCUT2D eigenvalue weighted by molar-refractivity contribution is 5.77. The molecule has 4 rings (SSSR count). The second-order valence-corrected chi connectivity index (χ2v) is 8.25. The Morgan fingerprint density at radius 3 is 2.77 bits per heavy atom. The Kier molecular flexibility index (Phi) is 5.27. The molecular weight excluding hydrogens is 332 g/mol. The number of nitrogens with zero attached hydrogens (tertiary/aromatic N) is 4. The van der Waals surface area contributed by atoms with Crippen molar-refractivity contribution in [3.63, 3.8) is 0 Å². The number of carbonyl (C=O) groups excluding carboxylic acids is 1. The second kappa shape index (κ2) is 7.64. The monoisotopic (exact) mass is 362 g/mol. The average molecular weight is 362 g/mol. The van der Waals surface area contributed by atoms with E-state index < -0.39 is 0 Å². The van der Waals surface area contributed by atoms with Crippen LogP contribution in [0, 0.1) is 5.41 Å². The summed E-state index contributed by atoms with van der Waals surface area (Å²) in [5.74, 6) is 2.41. The van der Waals surface area contributed by atoms with Gasteiger partial charge in [-0.2, -0.15) is 0 Å². The third-order valence-electron chi connectivity index (χ3n) is 6.21. The van der Waals surface area contributed by atoms with Crippen LogP contribution < -0.4 is 0 Å². The molecule has 0 aromatic carbocycles. The lowest BCUT2D eigenvalue weighted by Crippen LogP contribution is -2.51. The van der Waals surface area contributed by atoms with Crippen LogP contribution in [0.1, 0.15) is 62.6 Å². The van der Waals surface area contributed by atoms with E-state index in [1.54, 1.807) is 7.11 Å². The number of aromatic nitrogens is 2. The summed E-state index contributed by atoms with van der Waals surface area (Å²) in [6.07, 6.45) is 7.31. The first kappa shape index (κ1) is 17.9. The fraction of sp³-hybridized carbons (Fsp3) is 0.842. The minimum absolute atomic E-state index is 0.297.